The number of hydrogen-bond donors (Lipinski definition) is 0. The first-order valence-electron chi connectivity index (χ1n) is 3.95. The van der Waals surface area contributed by atoms with Crippen molar-refractivity contribution in [2.75, 3.05) is 0 Å². The highest BCUT2D eigenvalue weighted by Crippen LogP contribution is 2.27. The van der Waals surface area contributed by atoms with Gasteiger partial charge in [-0.1, -0.05) is 29.3 Å². The zero-order valence-corrected chi connectivity index (χ0v) is 8.93. The van der Waals surface area contributed by atoms with Gasteiger partial charge >= 0.3 is 0 Å². The normalized spacial score (nSPS) is 11.9. The van der Waals surface area contributed by atoms with Crippen LogP contribution < -0.4 is 0 Å². The topological polar surface area (TPSA) is 40.9 Å². The molecule has 0 spiro atoms. The maximum atomic E-state index is 11.6. The monoisotopic (exact) mass is 227 g/mol. The van der Waals surface area contributed by atoms with Crippen molar-refractivity contribution in [3.8, 4) is 6.07 Å². The highest BCUT2D eigenvalue weighted by atomic mass is 35.5. The highest BCUT2D eigenvalue weighted by molar-refractivity contribution is 6.44. The zero-order valence-electron chi connectivity index (χ0n) is 7.42. The van der Waals surface area contributed by atoms with E-state index in [2.05, 4.69) is 0 Å². The molecule has 14 heavy (non-hydrogen) atoms. The van der Waals surface area contributed by atoms with Gasteiger partial charge in [0, 0.05) is 5.56 Å². The summed E-state index contributed by atoms with van der Waals surface area (Å²) in [5.41, 5.74) is 0.299. The van der Waals surface area contributed by atoms with Crippen molar-refractivity contribution < 1.29 is 4.79 Å². The second-order valence-corrected chi connectivity index (χ2v) is 3.60. The van der Waals surface area contributed by atoms with Crippen molar-refractivity contribution in [3.05, 3.63) is 33.8 Å². The van der Waals surface area contributed by atoms with Crippen LogP contribution in [0.25, 0.3) is 0 Å². The van der Waals surface area contributed by atoms with Crippen molar-refractivity contribution in [1.82, 2.24) is 0 Å². The van der Waals surface area contributed by atoms with Crippen LogP contribution in [0.5, 0.6) is 0 Å². The van der Waals surface area contributed by atoms with Gasteiger partial charge in [0.2, 0.25) is 0 Å². The largest absolute Gasteiger partial charge is 0.293 e. The van der Waals surface area contributed by atoms with Crippen LogP contribution in [-0.4, -0.2) is 5.78 Å². The van der Waals surface area contributed by atoms with Crippen molar-refractivity contribution in [2.45, 2.75) is 6.92 Å². The summed E-state index contributed by atoms with van der Waals surface area (Å²) in [4.78, 5) is 11.6. The summed E-state index contributed by atoms with van der Waals surface area (Å²) in [6, 6.07) is 6.64. The number of ketones is 1. The number of nitrogens with zero attached hydrogens (tertiary/aromatic N) is 1. The van der Waals surface area contributed by atoms with E-state index in [4.69, 9.17) is 28.5 Å². The third-order valence-electron chi connectivity index (χ3n) is 1.80. The van der Waals surface area contributed by atoms with Gasteiger partial charge < -0.3 is 0 Å². The van der Waals surface area contributed by atoms with E-state index in [1.807, 2.05) is 6.07 Å². The fourth-order valence-electron chi connectivity index (χ4n) is 0.986. The van der Waals surface area contributed by atoms with E-state index in [1.165, 1.54) is 6.92 Å². The minimum atomic E-state index is -0.703. The molecule has 1 aromatic rings. The van der Waals surface area contributed by atoms with Crippen LogP contribution in [0.4, 0.5) is 0 Å². The Morgan fingerprint density at radius 3 is 2.71 bits per heavy atom. The lowest BCUT2D eigenvalue weighted by molar-refractivity contribution is 0.0956. The molecular weight excluding hydrogens is 221 g/mol. The van der Waals surface area contributed by atoms with Gasteiger partial charge in [-0.05, 0) is 19.1 Å². The lowest BCUT2D eigenvalue weighted by atomic mass is 10.0. The molecule has 0 aliphatic rings. The number of nitriles is 1. The second kappa shape index (κ2) is 4.45. The SMILES string of the molecule is CC(C#N)C(=O)c1cccc(Cl)c1Cl. The van der Waals surface area contributed by atoms with Crippen LogP contribution in [0.2, 0.25) is 10.0 Å². The number of carbonyl (C=O) groups is 1. The van der Waals surface area contributed by atoms with Crippen LogP contribution in [0.15, 0.2) is 18.2 Å². The summed E-state index contributed by atoms with van der Waals surface area (Å²) < 4.78 is 0. The molecule has 72 valence electrons. The Labute approximate surface area is 92.1 Å². The predicted molar refractivity (Wildman–Crippen MR) is 55.6 cm³/mol. The summed E-state index contributed by atoms with van der Waals surface area (Å²) in [7, 11) is 0. The Kier molecular flexibility index (Phi) is 3.51. The third kappa shape index (κ3) is 2.06. The third-order valence-corrected chi connectivity index (χ3v) is 2.62. The zero-order chi connectivity index (χ0) is 10.7. The summed E-state index contributed by atoms with van der Waals surface area (Å²) >= 11 is 11.6. The summed E-state index contributed by atoms with van der Waals surface area (Å²) in [6.45, 7) is 1.53. The predicted octanol–water partition coefficient (Wildman–Crippen LogP) is 3.34. The molecule has 0 aliphatic carbocycles. The molecule has 0 aliphatic heterocycles. The van der Waals surface area contributed by atoms with Crippen molar-refractivity contribution >= 4 is 29.0 Å². The smallest absolute Gasteiger partial charge is 0.181 e. The van der Waals surface area contributed by atoms with Gasteiger partial charge in [-0.15, -0.1) is 0 Å². The number of Topliss-reactive ketones (excluding diaryl/α,β-unsaturated/α-hetero) is 1. The molecule has 0 saturated carbocycles. The maximum absolute atomic E-state index is 11.6. The molecule has 1 aromatic carbocycles. The molecule has 4 heteroatoms. The Balaban J connectivity index is 3.15. The minimum absolute atomic E-state index is 0.210. The number of halogens is 2. The summed E-state index contributed by atoms with van der Waals surface area (Å²) in [5, 5.41) is 9.11. The maximum Gasteiger partial charge on any atom is 0.181 e. The highest BCUT2D eigenvalue weighted by Gasteiger charge is 2.18. The standard InChI is InChI=1S/C10H7Cl2NO/c1-6(5-13)10(14)7-3-2-4-8(11)9(7)12/h2-4,6H,1H3. The van der Waals surface area contributed by atoms with E-state index in [-0.39, 0.29) is 10.8 Å². The van der Waals surface area contributed by atoms with E-state index >= 15 is 0 Å². The van der Waals surface area contributed by atoms with Crippen molar-refractivity contribution in [2.24, 2.45) is 5.92 Å². The van der Waals surface area contributed by atoms with E-state index in [0.717, 1.165) is 0 Å². The molecule has 0 saturated heterocycles. The lowest BCUT2D eigenvalue weighted by Gasteiger charge is -2.05. The van der Waals surface area contributed by atoms with Gasteiger partial charge in [-0.2, -0.15) is 5.26 Å². The van der Waals surface area contributed by atoms with Gasteiger partial charge in [-0.3, -0.25) is 4.79 Å². The first-order valence-corrected chi connectivity index (χ1v) is 4.71. The second-order valence-electron chi connectivity index (χ2n) is 2.82. The lowest BCUT2D eigenvalue weighted by Crippen LogP contribution is -2.09. The van der Waals surface area contributed by atoms with Gasteiger partial charge in [-0.25, -0.2) is 0 Å². The molecule has 1 unspecified atom stereocenters. The van der Waals surface area contributed by atoms with Crippen molar-refractivity contribution in [1.29, 1.82) is 5.26 Å². The average molecular weight is 228 g/mol. The molecule has 1 rings (SSSR count). The Morgan fingerprint density at radius 2 is 2.14 bits per heavy atom. The fraction of sp³-hybridized carbons (Fsp3) is 0.200. The minimum Gasteiger partial charge on any atom is -0.293 e. The number of hydrogen-bond acceptors (Lipinski definition) is 2. The Hall–Kier alpha value is -1.04. The van der Waals surface area contributed by atoms with E-state index in [0.29, 0.717) is 10.6 Å². The molecule has 0 bridgehead atoms. The Bertz CT molecular complexity index is 409. The van der Waals surface area contributed by atoms with Gasteiger partial charge in [0.05, 0.1) is 16.1 Å². The Morgan fingerprint density at radius 1 is 1.50 bits per heavy atom. The van der Waals surface area contributed by atoms with E-state index < -0.39 is 5.92 Å². The summed E-state index contributed by atoms with van der Waals surface area (Å²) in [5.74, 6) is -1.01. The van der Waals surface area contributed by atoms with Crippen LogP contribution >= 0.6 is 23.2 Å². The van der Waals surface area contributed by atoms with Crippen LogP contribution in [-0.2, 0) is 0 Å². The van der Waals surface area contributed by atoms with Gasteiger partial charge in [0.25, 0.3) is 0 Å². The molecule has 0 amide bonds. The molecule has 0 N–H and O–H groups in total. The fourth-order valence-corrected chi connectivity index (χ4v) is 1.38. The first-order chi connectivity index (χ1) is 6.57. The molecule has 0 heterocycles. The first kappa shape index (κ1) is 11.0. The number of benzene rings is 1. The molecule has 0 radical (unpaired) electrons. The number of rotatable bonds is 2. The van der Waals surface area contributed by atoms with Crippen LogP contribution in [0, 0.1) is 17.2 Å². The summed E-state index contributed by atoms with van der Waals surface area (Å²) in [6.07, 6.45) is 0. The van der Waals surface area contributed by atoms with Gasteiger partial charge in [0.15, 0.2) is 5.78 Å². The quantitative estimate of drug-likeness (QED) is 0.728. The van der Waals surface area contributed by atoms with Crippen LogP contribution in [0.3, 0.4) is 0 Å². The van der Waals surface area contributed by atoms with Gasteiger partial charge in [0.1, 0.15) is 5.92 Å². The number of carbonyl (C=O) groups excluding carboxylic acids is 1. The molecule has 2 nitrogen and oxygen atoms in total. The molecule has 0 fully saturated rings. The van der Waals surface area contributed by atoms with E-state index in [1.54, 1.807) is 18.2 Å². The molecular formula is C10H7Cl2NO. The van der Waals surface area contributed by atoms with Crippen LogP contribution in [0.1, 0.15) is 17.3 Å². The average Bonchev–Trinajstić information content (AvgIpc) is 2.20. The van der Waals surface area contributed by atoms with E-state index in [9.17, 15) is 4.79 Å². The molecule has 1 atom stereocenters. The van der Waals surface area contributed by atoms with Crippen molar-refractivity contribution in [3.63, 3.8) is 0 Å². The molecule has 0 aromatic heterocycles.